The van der Waals surface area contributed by atoms with Crippen LogP contribution in [0.1, 0.15) is 6.92 Å². The van der Waals surface area contributed by atoms with Gasteiger partial charge in [0.2, 0.25) is 0 Å². The Morgan fingerprint density at radius 3 is 2.67 bits per heavy atom. The number of halogens is 2. The van der Waals surface area contributed by atoms with Gasteiger partial charge in [0.25, 0.3) is 0 Å². The predicted octanol–water partition coefficient (Wildman–Crippen LogP) is 0.955. The van der Waals surface area contributed by atoms with E-state index in [0.717, 1.165) is 0 Å². The Balaban J connectivity index is 3.27. The highest BCUT2D eigenvalue weighted by Crippen LogP contribution is 1.93. The summed E-state index contributed by atoms with van der Waals surface area (Å²) in [6, 6.07) is 0. The zero-order valence-electron chi connectivity index (χ0n) is 4.86. The van der Waals surface area contributed by atoms with Crippen LogP contribution >= 0.6 is 0 Å². The molecule has 9 heavy (non-hydrogen) atoms. The van der Waals surface area contributed by atoms with Gasteiger partial charge in [0.15, 0.2) is 0 Å². The minimum Gasteiger partial charge on any atom is -0.386 e. The third kappa shape index (κ3) is 4.99. The van der Waals surface area contributed by atoms with Gasteiger partial charge in [-0.1, -0.05) is 0 Å². The zero-order chi connectivity index (χ0) is 7.28. The van der Waals surface area contributed by atoms with Gasteiger partial charge in [0, 0.05) is 6.54 Å². The average molecular weight is 139 g/mol. The van der Waals surface area contributed by atoms with E-state index in [0.29, 0.717) is 0 Å². The molecule has 0 rings (SSSR count). The van der Waals surface area contributed by atoms with Crippen LogP contribution < -0.4 is 5.32 Å². The Bertz CT molecular complexity index is 96.6. The van der Waals surface area contributed by atoms with Crippen molar-refractivity contribution in [3.05, 3.63) is 0 Å². The van der Waals surface area contributed by atoms with E-state index in [4.69, 9.17) is 0 Å². The maximum absolute atomic E-state index is 11.1. The highest BCUT2D eigenvalue weighted by atomic mass is 19.3. The highest BCUT2D eigenvalue weighted by Gasteiger charge is 2.07. The van der Waals surface area contributed by atoms with Crippen LogP contribution in [0.5, 0.6) is 0 Å². The Morgan fingerprint density at radius 2 is 2.33 bits per heavy atom. The third-order valence-electron chi connectivity index (χ3n) is 0.517. The average Bonchev–Trinajstić information content (AvgIpc) is 1.63. The fourth-order valence-corrected chi connectivity index (χ4v) is 0.267. The van der Waals surface area contributed by atoms with Gasteiger partial charge in [-0.3, -0.25) is 0 Å². The van der Waals surface area contributed by atoms with Gasteiger partial charge in [0.05, 0.1) is 0 Å². The molecule has 0 spiro atoms. The predicted molar refractivity (Wildman–Crippen MR) is 26.2 cm³/mol. The second kappa shape index (κ2) is 4.05. The van der Waals surface area contributed by atoms with Gasteiger partial charge in [-0.15, -0.1) is 0 Å². The molecule has 1 amide bonds. The third-order valence-corrected chi connectivity index (χ3v) is 0.517. The number of alkyl halides is 2. The van der Waals surface area contributed by atoms with Crippen LogP contribution in [0, 0.1) is 0 Å². The lowest BCUT2D eigenvalue weighted by molar-refractivity contribution is -0.0812. The summed E-state index contributed by atoms with van der Waals surface area (Å²) in [4.78, 5) is 10.0. The Morgan fingerprint density at radius 1 is 1.78 bits per heavy atom. The molecular formula is C4H7F2NO2. The van der Waals surface area contributed by atoms with E-state index in [-0.39, 0.29) is 6.54 Å². The highest BCUT2D eigenvalue weighted by molar-refractivity contribution is 5.66. The van der Waals surface area contributed by atoms with Gasteiger partial charge >= 0.3 is 12.7 Å². The number of carbonyl (C=O) groups excluding carboxylic acids is 1. The number of carbonyl (C=O) groups is 1. The number of nitrogens with one attached hydrogen (secondary N) is 1. The smallest absolute Gasteiger partial charge is 0.386 e. The minimum absolute atomic E-state index is 0.283. The van der Waals surface area contributed by atoms with Crippen LogP contribution in [-0.4, -0.2) is 19.2 Å². The molecule has 0 aliphatic carbocycles. The molecule has 0 radical (unpaired) electrons. The molecule has 0 heterocycles. The molecular weight excluding hydrogens is 132 g/mol. The molecule has 54 valence electrons. The molecule has 0 aromatic carbocycles. The number of hydrogen-bond donors (Lipinski definition) is 1. The maximum atomic E-state index is 11.1. The van der Waals surface area contributed by atoms with Crippen LogP contribution in [0.25, 0.3) is 0 Å². The van der Waals surface area contributed by atoms with Crippen molar-refractivity contribution >= 4 is 6.09 Å². The maximum Gasteiger partial charge on any atom is 0.411 e. The summed E-state index contributed by atoms with van der Waals surface area (Å²) < 4.78 is 25.7. The van der Waals surface area contributed by atoms with Crippen LogP contribution in [0.15, 0.2) is 0 Å². The molecule has 3 nitrogen and oxygen atoms in total. The quantitative estimate of drug-likeness (QED) is 0.618. The second-order valence-corrected chi connectivity index (χ2v) is 1.20. The minimum atomic E-state index is -3.03. The van der Waals surface area contributed by atoms with Crippen molar-refractivity contribution in [1.82, 2.24) is 5.32 Å². The Kier molecular flexibility index (Phi) is 3.66. The first-order valence-corrected chi connectivity index (χ1v) is 2.39. The summed E-state index contributed by atoms with van der Waals surface area (Å²) in [6.45, 7) is -1.14. The van der Waals surface area contributed by atoms with Gasteiger partial charge in [-0.2, -0.15) is 8.78 Å². The summed E-state index contributed by atoms with van der Waals surface area (Å²) in [5.74, 6) is 0. The van der Waals surface area contributed by atoms with Crippen molar-refractivity contribution in [1.29, 1.82) is 0 Å². The van der Waals surface area contributed by atoms with Crippen molar-refractivity contribution in [3.63, 3.8) is 0 Å². The van der Waals surface area contributed by atoms with E-state index in [1.165, 1.54) is 0 Å². The van der Waals surface area contributed by atoms with E-state index in [9.17, 15) is 13.6 Å². The van der Waals surface area contributed by atoms with Crippen LogP contribution in [0.2, 0.25) is 0 Å². The molecule has 0 atom stereocenters. The van der Waals surface area contributed by atoms with Crippen LogP contribution in [0.3, 0.4) is 0 Å². The summed E-state index contributed by atoms with van der Waals surface area (Å²) in [5.41, 5.74) is 0. The first-order valence-electron chi connectivity index (χ1n) is 2.39. The molecule has 0 bridgehead atoms. The molecule has 0 aromatic rings. The number of hydrogen-bond acceptors (Lipinski definition) is 2. The SMILES string of the molecule is CCNC(=O)OC(F)F. The topological polar surface area (TPSA) is 38.3 Å². The molecule has 0 aliphatic rings. The molecule has 0 saturated carbocycles. The first kappa shape index (κ1) is 8.13. The number of ether oxygens (including phenoxy) is 1. The van der Waals surface area contributed by atoms with Gasteiger partial charge in [-0.25, -0.2) is 4.79 Å². The van der Waals surface area contributed by atoms with E-state index >= 15 is 0 Å². The monoisotopic (exact) mass is 139 g/mol. The van der Waals surface area contributed by atoms with Crippen molar-refractivity contribution in [2.24, 2.45) is 0 Å². The van der Waals surface area contributed by atoms with Gasteiger partial charge < -0.3 is 10.1 Å². The number of amides is 1. The molecule has 1 N–H and O–H groups in total. The largest absolute Gasteiger partial charge is 0.411 e. The van der Waals surface area contributed by atoms with Gasteiger partial charge in [-0.05, 0) is 6.92 Å². The number of rotatable bonds is 2. The fraction of sp³-hybridized carbons (Fsp3) is 0.750. The van der Waals surface area contributed by atoms with Crippen molar-refractivity contribution < 1.29 is 18.3 Å². The summed E-state index contributed by atoms with van der Waals surface area (Å²) in [6.07, 6.45) is -1.09. The zero-order valence-corrected chi connectivity index (χ0v) is 4.86. The molecule has 0 fully saturated rings. The van der Waals surface area contributed by atoms with Crippen LogP contribution in [0.4, 0.5) is 13.6 Å². The molecule has 5 heteroatoms. The summed E-state index contributed by atoms with van der Waals surface area (Å²) in [5, 5.41) is 2.04. The number of alkyl carbamates (subject to hydrolysis) is 1. The molecule has 0 aliphatic heterocycles. The summed E-state index contributed by atoms with van der Waals surface area (Å²) >= 11 is 0. The summed E-state index contributed by atoms with van der Waals surface area (Å²) in [7, 11) is 0. The van der Waals surface area contributed by atoms with E-state index in [2.05, 4.69) is 4.74 Å². The van der Waals surface area contributed by atoms with Crippen molar-refractivity contribution in [3.8, 4) is 0 Å². The Labute approximate surface area is 51.0 Å². The van der Waals surface area contributed by atoms with Crippen molar-refractivity contribution in [2.75, 3.05) is 6.54 Å². The van der Waals surface area contributed by atoms with Crippen molar-refractivity contribution in [2.45, 2.75) is 13.5 Å². The fourth-order valence-electron chi connectivity index (χ4n) is 0.267. The first-order chi connectivity index (χ1) is 4.16. The van der Waals surface area contributed by atoms with E-state index < -0.39 is 12.7 Å². The molecule has 0 unspecified atom stereocenters. The lowest BCUT2D eigenvalue weighted by Gasteiger charge is -2.01. The van der Waals surface area contributed by atoms with E-state index in [1.807, 2.05) is 5.32 Å². The second-order valence-electron chi connectivity index (χ2n) is 1.20. The van der Waals surface area contributed by atoms with E-state index in [1.54, 1.807) is 6.92 Å². The Hall–Kier alpha value is -0.870. The normalized spacial score (nSPS) is 9.33. The standard InChI is InChI=1S/C4H7F2NO2/c1-2-7-4(8)9-3(5)6/h3H,2H2,1H3,(H,7,8). The van der Waals surface area contributed by atoms with Crippen LogP contribution in [-0.2, 0) is 4.74 Å². The van der Waals surface area contributed by atoms with Gasteiger partial charge in [0.1, 0.15) is 0 Å². The lowest BCUT2D eigenvalue weighted by Crippen LogP contribution is -2.25. The molecule has 0 aromatic heterocycles. The lowest BCUT2D eigenvalue weighted by atomic mass is 10.8. The molecule has 0 saturated heterocycles.